The highest BCUT2D eigenvalue weighted by Crippen LogP contribution is 2.36. The normalized spacial score (nSPS) is 22.7. The molecule has 21 heavy (non-hydrogen) atoms. The van der Waals surface area contributed by atoms with Crippen LogP contribution in [0.3, 0.4) is 0 Å². The first-order chi connectivity index (χ1) is 10.3. The zero-order valence-corrected chi connectivity index (χ0v) is 12.6. The molecule has 1 aromatic carbocycles. The number of benzene rings is 1. The van der Waals surface area contributed by atoms with Crippen LogP contribution in [0.4, 0.5) is 5.82 Å². The lowest BCUT2D eigenvalue weighted by Crippen LogP contribution is -2.33. The summed E-state index contributed by atoms with van der Waals surface area (Å²) in [4.78, 5) is 9.98. The Labute approximate surface area is 127 Å². The van der Waals surface area contributed by atoms with Crippen molar-refractivity contribution in [3.05, 3.63) is 30.6 Å². The van der Waals surface area contributed by atoms with Crippen LogP contribution in [0, 0.1) is 0 Å². The van der Waals surface area contributed by atoms with Crippen molar-refractivity contribution < 1.29 is 0 Å². The minimum atomic E-state index is 0.371. The Morgan fingerprint density at radius 3 is 2.76 bits per heavy atom. The molecule has 0 atom stereocenters. The zero-order valence-electron chi connectivity index (χ0n) is 11.7. The molecule has 2 heterocycles. The second-order valence-electron chi connectivity index (χ2n) is 5.76. The first-order valence-corrected chi connectivity index (χ1v) is 8.27. The molecule has 0 aliphatic heterocycles. The van der Waals surface area contributed by atoms with Gasteiger partial charge in [0.05, 0.1) is 5.39 Å². The predicted octanol–water partition coefficient (Wildman–Crippen LogP) is 3.53. The maximum Gasteiger partial charge on any atom is 0.139 e. The molecule has 0 bridgehead atoms. The molecule has 1 saturated carbocycles. The van der Waals surface area contributed by atoms with E-state index in [0.717, 1.165) is 41.7 Å². The molecular formula is C16H18N4S. The van der Waals surface area contributed by atoms with Crippen LogP contribution < -0.4 is 11.1 Å². The summed E-state index contributed by atoms with van der Waals surface area (Å²) >= 11 is 1.73. The van der Waals surface area contributed by atoms with E-state index in [-0.39, 0.29) is 0 Å². The quantitative estimate of drug-likeness (QED) is 0.759. The number of nitrogens with zero attached hydrogens (tertiary/aromatic N) is 2. The van der Waals surface area contributed by atoms with Crippen molar-refractivity contribution in [2.24, 2.45) is 5.73 Å². The number of hydrogen-bond donors (Lipinski definition) is 2. The van der Waals surface area contributed by atoms with Gasteiger partial charge in [0.15, 0.2) is 0 Å². The van der Waals surface area contributed by atoms with Gasteiger partial charge in [0.1, 0.15) is 17.0 Å². The third-order valence-electron chi connectivity index (χ3n) is 4.29. The molecule has 1 fully saturated rings. The van der Waals surface area contributed by atoms with Gasteiger partial charge in [-0.2, -0.15) is 0 Å². The molecule has 4 rings (SSSR count). The van der Waals surface area contributed by atoms with E-state index in [1.54, 1.807) is 17.7 Å². The molecule has 0 unspecified atom stereocenters. The van der Waals surface area contributed by atoms with Crippen LogP contribution in [0.5, 0.6) is 0 Å². The number of thiophene rings is 1. The fourth-order valence-electron chi connectivity index (χ4n) is 3.12. The molecule has 108 valence electrons. The predicted molar refractivity (Wildman–Crippen MR) is 88.8 cm³/mol. The second-order valence-corrected chi connectivity index (χ2v) is 6.79. The van der Waals surface area contributed by atoms with E-state index in [1.807, 2.05) is 0 Å². The maximum atomic E-state index is 5.99. The van der Waals surface area contributed by atoms with Crippen molar-refractivity contribution in [2.45, 2.75) is 37.8 Å². The van der Waals surface area contributed by atoms with Gasteiger partial charge in [-0.05, 0) is 31.7 Å². The molecule has 2 aromatic heterocycles. The zero-order chi connectivity index (χ0) is 14.2. The molecule has 1 aliphatic rings. The number of anilines is 1. The molecule has 0 amide bonds. The molecule has 4 nitrogen and oxygen atoms in total. The van der Waals surface area contributed by atoms with Gasteiger partial charge < -0.3 is 11.1 Å². The Kier molecular flexibility index (Phi) is 3.24. The van der Waals surface area contributed by atoms with Crippen LogP contribution in [0.15, 0.2) is 30.6 Å². The van der Waals surface area contributed by atoms with Gasteiger partial charge in [-0.15, -0.1) is 11.3 Å². The summed E-state index contributed by atoms with van der Waals surface area (Å²) in [6.07, 6.45) is 6.09. The number of nitrogens with one attached hydrogen (secondary N) is 1. The number of rotatable bonds is 2. The summed E-state index contributed by atoms with van der Waals surface area (Å²) < 4.78 is 1.27. The molecule has 3 aromatic rings. The smallest absolute Gasteiger partial charge is 0.139 e. The van der Waals surface area contributed by atoms with Crippen LogP contribution in [-0.2, 0) is 0 Å². The molecule has 3 N–H and O–H groups in total. The molecule has 0 saturated heterocycles. The highest BCUT2D eigenvalue weighted by atomic mass is 32.1. The van der Waals surface area contributed by atoms with Crippen molar-refractivity contribution in [3.63, 3.8) is 0 Å². The van der Waals surface area contributed by atoms with Crippen LogP contribution >= 0.6 is 11.3 Å². The third-order valence-corrected chi connectivity index (χ3v) is 5.37. The summed E-state index contributed by atoms with van der Waals surface area (Å²) in [5.74, 6) is 0.970. The largest absolute Gasteiger partial charge is 0.367 e. The average Bonchev–Trinajstić information content (AvgIpc) is 2.89. The fourth-order valence-corrected chi connectivity index (χ4v) is 4.17. The Bertz CT molecular complexity index is 774. The second kappa shape index (κ2) is 5.24. The van der Waals surface area contributed by atoms with Crippen molar-refractivity contribution in [3.8, 4) is 0 Å². The number of hydrogen-bond acceptors (Lipinski definition) is 5. The summed E-state index contributed by atoms with van der Waals surface area (Å²) in [5.41, 5.74) is 5.99. The summed E-state index contributed by atoms with van der Waals surface area (Å²) in [6.45, 7) is 0. The summed E-state index contributed by atoms with van der Waals surface area (Å²) in [5, 5.41) is 6.03. The SMILES string of the molecule is NC1CCC(Nc2ncnc3sc4ccccc4c23)CC1. The highest BCUT2D eigenvalue weighted by Gasteiger charge is 2.20. The van der Waals surface area contributed by atoms with E-state index in [2.05, 4.69) is 39.6 Å². The lowest BCUT2D eigenvalue weighted by molar-refractivity contribution is 0.410. The average molecular weight is 298 g/mol. The first kappa shape index (κ1) is 13.0. The molecule has 5 heteroatoms. The Morgan fingerprint density at radius 1 is 1.10 bits per heavy atom. The Morgan fingerprint density at radius 2 is 1.90 bits per heavy atom. The van der Waals surface area contributed by atoms with Crippen molar-refractivity contribution in [1.82, 2.24) is 9.97 Å². The van der Waals surface area contributed by atoms with Crippen LogP contribution in [-0.4, -0.2) is 22.1 Å². The van der Waals surface area contributed by atoms with Gasteiger partial charge in [0.2, 0.25) is 0 Å². The molecule has 0 radical (unpaired) electrons. The molecular weight excluding hydrogens is 280 g/mol. The number of aromatic nitrogens is 2. The monoisotopic (exact) mass is 298 g/mol. The minimum Gasteiger partial charge on any atom is -0.367 e. The lowest BCUT2D eigenvalue weighted by Gasteiger charge is -2.27. The van der Waals surface area contributed by atoms with Gasteiger partial charge in [0.25, 0.3) is 0 Å². The van der Waals surface area contributed by atoms with Crippen LogP contribution in [0.1, 0.15) is 25.7 Å². The summed E-state index contributed by atoms with van der Waals surface area (Å²) in [6, 6.07) is 9.29. The van der Waals surface area contributed by atoms with E-state index in [0.29, 0.717) is 12.1 Å². The van der Waals surface area contributed by atoms with Crippen molar-refractivity contribution in [1.29, 1.82) is 0 Å². The van der Waals surface area contributed by atoms with Gasteiger partial charge in [-0.1, -0.05) is 18.2 Å². The van der Waals surface area contributed by atoms with E-state index in [1.165, 1.54) is 10.1 Å². The van der Waals surface area contributed by atoms with Crippen molar-refractivity contribution >= 4 is 37.5 Å². The standard InChI is InChI=1S/C16H18N4S/c17-10-5-7-11(8-6-10)20-15-14-12-3-1-2-4-13(12)21-16(14)19-9-18-15/h1-4,9-11H,5-8,17H2,(H,18,19,20). The third kappa shape index (κ3) is 2.36. The van der Waals surface area contributed by atoms with E-state index in [4.69, 9.17) is 5.73 Å². The topological polar surface area (TPSA) is 63.8 Å². The molecule has 0 spiro atoms. The van der Waals surface area contributed by atoms with Crippen LogP contribution in [0.2, 0.25) is 0 Å². The Balaban J connectivity index is 1.74. The Hall–Kier alpha value is -1.72. The van der Waals surface area contributed by atoms with Gasteiger partial charge in [-0.25, -0.2) is 9.97 Å². The van der Waals surface area contributed by atoms with E-state index in [9.17, 15) is 0 Å². The van der Waals surface area contributed by atoms with Crippen molar-refractivity contribution in [2.75, 3.05) is 5.32 Å². The highest BCUT2D eigenvalue weighted by molar-refractivity contribution is 7.25. The fraction of sp³-hybridized carbons (Fsp3) is 0.375. The van der Waals surface area contributed by atoms with Crippen LogP contribution in [0.25, 0.3) is 20.3 Å². The number of fused-ring (bicyclic) bond motifs is 3. The van der Waals surface area contributed by atoms with Gasteiger partial charge in [-0.3, -0.25) is 0 Å². The lowest BCUT2D eigenvalue weighted by atomic mass is 9.92. The first-order valence-electron chi connectivity index (χ1n) is 7.45. The van der Waals surface area contributed by atoms with Gasteiger partial charge in [0, 0.05) is 22.2 Å². The maximum absolute atomic E-state index is 5.99. The minimum absolute atomic E-state index is 0.371. The molecule has 1 aliphatic carbocycles. The van der Waals surface area contributed by atoms with Gasteiger partial charge >= 0.3 is 0 Å². The van der Waals surface area contributed by atoms with E-state index < -0.39 is 0 Å². The summed E-state index contributed by atoms with van der Waals surface area (Å²) in [7, 11) is 0. The number of nitrogens with two attached hydrogens (primary N) is 1. The van der Waals surface area contributed by atoms with E-state index >= 15 is 0 Å².